The molecule has 7 heteroatoms. The number of piperidine rings is 1. The average molecular weight is 590 g/mol. The van der Waals surface area contributed by atoms with Crippen LogP contribution in [0.2, 0.25) is 0 Å². The van der Waals surface area contributed by atoms with E-state index >= 15 is 0 Å². The second-order valence-electron chi connectivity index (χ2n) is 12.0. The second-order valence-corrected chi connectivity index (χ2v) is 12.0. The smallest absolute Gasteiger partial charge is 0.247 e. The molecular formula is C37H43N5O2. The lowest BCUT2D eigenvalue weighted by atomic mass is 9.98. The van der Waals surface area contributed by atoms with Crippen LogP contribution in [0.15, 0.2) is 91.3 Å². The van der Waals surface area contributed by atoms with Crippen LogP contribution < -0.4 is 0 Å². The molecule has 0 spiro atoms. The summed E-state index contributed by atoms with van der Waals surface area (Å²) >= 11 is 0. The molecule has 0 unspecified atom stereocenters. The van der Waals surface area contributed by atoms with Gasteiger partial charge in [-0.15, -0.1) is 0 Å². The minimum Gasteiger partial charge on any atom is -0.362 e. The summed E-state index contributed by atoms with van der Waals surface area (Å²) in [7, 11) is 4.20. The minimum atomic E-state index is -0.639. The third-order valence-corrected chi connectivity index (χ3v) is 8.64. The van der Waals surface area contributed by atoms with Crippen molar-refractivity contribution in [1.29, 1.82) is 0 Å². The van der Waals surface area contributed by atoms with Gasteiger partial charge in [-0.25, -0.2) is 0 Å². The number of nitrogens with one attached hydrogen (secondary N) is 1. The molecule has 0 saturated carbocycles. The van der Waals surface area contributed by atoms with Crippen molar-refractivity contribution in [2.45, 2.75) is 51.7 Å². The lowest BCUT2D eigenvalue weighted by Crippen LogP contribution is -2.54. The van der Waals surface area contributed by atoms with E-state index in [1.807, 2.05) is 85.5 Å². The number of hydrogen-bond donors (Lipinski definition) is 1. The van der Waals surface area contributed by atoms with Gasteiger partial charge >= 0.3 is 0 Å². The topological polar surface area (TPSA) is 72.5 Å². The van der Waals surface area contributed by atoms with Gasteiger partial charge in [-0.3, -0.25) is 14.6 Å². The molecule has 1 saturated heterocycles. The van der Waals surface area contributed by atoms with Gasteiger partial charge in [0.1, 0.15) is 6.04 Å². The van der Waals surface area contributed by atoms with Gasteiger partial charge in [-0.05, 0) is 92.9 Å². The van der Waals surface area contributed by atoms with Crippen LogP contribution in [0, 0.1) is 13.8 Å². The van der Waals surface area contributed by atoms with Crippen LogP contribution in [0.4, 0.5) is 0 Å². The van der Waals surface area contributed by atoms with E-state index in [-0.39, 0.29) is 11.8 Å². The monoisotopic (exact) mass is 589 g/mol. The number of carbonyl (C=O) groups excluding carboxylic acids is 2. The zero-order chi connectivity index (χ0) is 31.1. The van der Waals surface area contributed by atoms with Crippen molar-refractivity contribution in [3.05, 3.63) is 119 Å². The predicted octanol–water partition coefficient (Wildman–Crippen LogP) is 5.90. The van der Waals surface area contributed by atoms with Crippen LogP contribution in [0.25, 0.3) is 17.2 Å². The highest BCUT2D eigenvalue weighted by Crippen LogP contribution is 2.23. The number of aryl methyl sites for hydroxylation is 2. The van der Waals surface area contributed by atoms with Gasteiger partial charge in [0.05, 0.1) is 0 Å². The number of aromatic amines is 1. The predicted molar refractivity (Wildman–Crippen MR) is 177 cm³/mol. The number of aromatic nitrogens is 2. The summed E-state index contributed by atoms with van der Waals surface area (Å²) in [6.45, 7) is 5.70. The van der Waals surface area contributed by atoms with Crippen molar-refractivity contribution in [2.75, 3.05) is 27.2 Å². The van der Waals surface area contributed by atoms with Crippen molar-refractivity contribution in [1.82, 2.24) is 24.7 Å². The summed E-state index contributed by atoms with van der Waals surface area (Å²) in [5.74, 6) is -0.172. The maximum Gasteiger partial charge on any atom is 0.247 e. The molecule has 5 rings (SSSR count). The fraction of sp³-hybridized carbons (Fsp3) is 0.324. The fourth-order valence-corrected chi connectivity index (χ4v) is 6.04. The number of hydrogen-bond acceptors (Lipinski definition) is 4. The average Bonchev–Trinajstić information content (AvgIpc) is 3.38. The van der Waals surface area contributed by atoms with Crippen LogP contribution in [-0.2, 0) is 22.6 Å². The number of pyridine rings is 1. The van der Waals surface area contributed by atoms with Gasteiger partial charge in [0.2, 0.25) is 11.8 Å². The first-order valence-corrected chi connectivity index (χ1v) is 15.4. The number of benzene rings is 2. The van der Waals surface area contributed by atoms with Gasteiger partial charge in [0.25, 0.3) is 0 Å². The Morgan fingerprint density at radius 1 is 0.932 bits per heavy atom. The van der Waals surface area contributed by atoms with Crippen LogP contribution in [0.3, 0.4) is 0 Å². The molecule has 2 aromatic heterocycles. The van der Waals surface area contributed by atoms with Crippen LogP contribution in [0.1, 0.15) is 40.9 Å². The van der Waals surface area contributed by atoms with E-state index in [1.54, 1.807) is 23.4 Å². The molecule has 0 bridgehead atoms. The first-order chi connectivity index (χ1) is 21.3. The van der Waals surface area contributed by atoms with Gasteiger partial charge in [0, 0.05) is 62.0 Å². The molecule has 1 fully saturated rings. The lowest BCUT2D eigenvalue weighted by Gasteiger charge is -2.39. The van der Waals surface area contributed by atoms with Crippen LogP contribution in [0.5, 0.6) is 0 Å². The third kappa shape index (κ3) is 7.71. The molecule has 1 N–H and O–H groups in total. The minimum absolute atomic E-state index is 0.00915. The third-order valence-electron chi connectivity index (χ3n) is 8.64. The summed E-state index contributed by atoms with van der Waals surface area (Å²) < 4.78 is 0. The first kappa shape index (κ1) is 31.0. The standard InChI is InChI=1S/C37H43N5O2/c1-27-24-33(28(2)39-27)14-15-36(43)42(26-30-10-12-31(13-11-30)32-16-20-38-21-17-32)35(25-29-8-6-5-7-9-29)37(44)41-22-18-34(19-23-41)40(3)4/h5-17,20-21,24,34-35,39H,18-19,22-23,25-26H2,1-4H3/t35-/m0/s1. The fourth-order valence-electron chi connectivity index (χ4n) is 6.04. The van der Waals surface area contributed by atoms with E-state index in [1.165, 1.54) is 0 Å². The SMILES string of the molecule is Cc1cc(C=CC(=O)N(Cc2ccc(-c3ccncc3)cc2)[C@@H](Cc2ccccc2)C(=O)N2CCC(N(C)C)CC2)c(C)[nH]1. The van der Waals surface area contributed by atoms with Crippen molar-refractivity contribution in [3.8, 4) is 11.1 Å². The van der Waals surface area contributed by atoms with Crippen LogP contribution in [-0.4, -0.2) is 75.8 Å². The number of H-pyrrole nitrogens is 1. The Bertz CT molecular complexity index is 1550. The maximum absolute atomic E-state index is 14.4. The molecule has 2 aromatic carbocycles. The molecule has 44 heavy (non-hydrogen) atoms. The molecule has 3 heterocycles. The number of likely N-dealkylation sites (tertiary alicyclic amines) is 1. The van der Waals surface area contributed by atoms with Crippen molar-refractivity contribution < 1.29 is 9.59 Å². The molecule has 1 aliphatic rings. The number of carbonyl (C=O) groups is 2. The molecule has 7 nitrogen and oxygen atoms in total. The molecular weight excluding hydrogens is 546 g/mol. The highest BCUT2D eigenvalue weighted by Gasteiger charge is 2.34. The highest BCUT2D eigenvalue weighted by molar-refractivity contribution is 5.96. The van der Waals surface area contributed by atoms with E-state index < -0.39 is 6.04 Å². The number of amides is 2. The van der Waals surface area contributed by atoms with E-state index in [4.69, 9.17) is 0 Å². The van der Waals surface area contributed by atoms with E-state index in [0.29, 0.717) is 32.1 Å². The Morgan fingerprint density at radius 3 is 2.20 bits per heavy atom. The van der Waals surface area contributed by atoms with Crippen LogP contribution >= 0.6 is 0 Å². The molecule has 1 aliphatic heterocycles. The normalized spacial score (nSPS) is 14.7. The molecule has 228 valence electrons. The maximum atomic E-state index is 14.4. The molecule has 1 atom stereocenters. The highest BCUT2D eigenvalue weighted by atomic mass is 16.2. The summed E-state index contributed by atoms with van der Waals surface area (Å²) in [4.78, 5) is 41.9. The summed E-state index contributed by atoms with van der Waals surface area (Å²) in [5.41, 5.74) is 7.17. The van der Waals surface area contributed by atoms with Gasteiger partial charge in [-0.1, -0.05) is 54.6 Å². The molecule has 2 amide bonds. The summed E-state index contributed by atoms with van der Waals surface area (Å²) in [6.07, 6.45) is 9.33. The number of nitrogens with zero attached hydrogens (tertiary/aromatic N) is 4. The Morgan fingerprint density at radius 2 is 1.59 bits per heavy atom. The summed E-state index contributed by atoms with van der Waals surface area (Å²) in [5, 5.41) is 0. The summed E-state index contributed by atoms with van der Waals surface area (Å²) in [6, 6.07) is 24.1. The first-order valence-electron chi connectivity index (χ1n) is 15.4. The van der Waals surface area contributed by atoms with Crippen molar-refractivity contribution >= 4 is 17.9 Å². The Labute approximate surface area is 261 Å². The van der Waals surface area contributed by atoms with Crippen molar-refractivity contribution in [2.24, 2.45) is 0 Å². The van der Waals surface area contributed by atoms with Gasteiger partial charge in [0.15, 0.2) is 0 Å². The Balaban J connectivity index is 1.47. The quantitative estimate of drug-likeness (QED) is 0.234. The van der Waals surface area contributed by atoms with E-state index in [0.717, 1.165) is 52.0 Å². The molecule has 0 radical (unpaired) electrons. The molecule has 4 aromatic rings. The Hall–Kier alpha value is -4.49. The second kappa shape index (κ2) is 14.3. The Kier molecular flexibility index (Phi) is 10.1. The van der Waals surface area contributed by atoms with Gasteiger partial charge in [-0.2, -0.15) is 0 Å². The largest absolute Gasteiger partial charge is 0.362 e. The van der Waals surface area contributed by atoms with Crippen molar-refractivity contribution in [3.63, 3.8) is 0 Å². The van der Waals surface area contributed by atoms with Gasteiger partial charge < -0.3 is 19.7 Å². The van der Waals surface area contributed by atoms with E-state index in [9.17, 15) is 9.59 Å². The number of rotatable bonds is 10. The molecule has 0 aliphatic carbocycles. The zero-order valence-electron chi connectivity index (χ0n) is 26.2. The lowest BCUT2D eigenvalue weighted by molar-refractivity contribution is -0.145. The zero-order valence-corrected chi connectivity index (χ0v) is 26.2. The van der Waals surface area contributed by atoms with E-state index in [2.05, 4.69) is 41.1 Å².